The van der Waals surface area contributed by atoms with E-state index >= 15 is 0 Å². The van der Waals surface area contributed by atoms with Gasteiger partial charge in [-0.05, 0) is 81.6 Å². The van der Waals surface area contributed by atoms with E-state index in [0.29, 0.717) is 155 Å². The monoisotopic (exact) mass is 1170 g/mol. The van der Waals surface area contributed by atoms with Crippen LogP contribution < -0.4 is 21.7 Å². The Labute approximate surface area is 485 Å². The first-order chi connectivity index (χ1) is 39.2. The van der Waals surface area contributed by atoms with E-state index < -0.39 is 30.1 Å². The lowest BCUT2D eigenvalue weighted by molar-refractivity contribution is -0.143. The van der Waals surface area contributed by atoms with Crippen LogP contribution in [-0.4, -0.2) is 213 Å². The zero-order valence-corrected chi connectivity index (χ0v) is 50.4. The van der Waals surface area contributed by atoms with Crippen molar-refractivity contribution in [2.45, 2.75) is 136 Å². The Hall–Kier alpha value is -4.24. The molecule has 1 aromatic carbocycles. The fourth-order valence-corrected chi connectivity index (χ4v) is 9.74. The number of hydrogen-bond donors (Lipinski definition) is 5. The lowest BCUT2D eigenvalue weighted by Crippen LogP contribution is -2.58. The molecule has 1 aromatic heterocycles. The Morgan fingerprint density at radius 3 is 1.80 bits per heavy atom. The second-order valence-electron chi connectivity index (χ2n) is 20.5. The highest BCUT2D eigenvalue weighted by Crippen LogP contribution is 2.32. The normalized spacial score (nSPS) is 15.7. The molecule has 0 bridgehead atoms. The predicted molar refractivity (Wildman–Crippen MR) is 311 cm³/mol. The number of thiazole rings is 1. The quantitative estimate of drug-likeness (QED) is 0.0511. The number of piperidine rings is 1. The molecule has 0 unspecified atom stereocenters. The molecular weight excluding hydrogens is 1070 g/mol. The van der Waals surface area contributed by atoms with Crippen molar-refractivity contribution in [2.75, 3.05) is 144 Å². The minimum Gasteiger partial charge on any atom is -0.480 e. The second kappa shape index (κ2) is 43.4. The summed E-state index contributed by atoms with van der Waals surface area (Å²) < 4.78 is 50.1. The maximum atomic E-state index is 14.7. The smallest absolute Gasteiger partial charge is 0.326 e. The molecule has 23 heteroatoms. The number of benzene rings is 1. The zero-order chi connectivity index (χ0) is 59.0. The number of aromatic nitrogens is 1. The van der Waals surface area contributed by atoms with E-state index in [9.17, 15) is 29.1 Å². The van der Waals surface area contributed by atoms with Crippen molar-refractivity contribution in [1.82, 2.24) is 25.4 Å². The third kappa shape index (κ3) is 29.2. The summed E-state index contributed by atoms with van der Waals surface area (Å²) in [5, 5.41) is 21.0. The van der Waals surface area contributed by atoms with Crippen LogP contribution in [0.15, 0.2) is 29.6 Å². The van der Waals surface area contributed by atoms with E-state index in [0.717, 1.165) is 37.8 Å². The van der Waals surface area contributed by atoms with Gasteiger partial charge in [-0.2, -0.15) is 0 Å². The largest absolute Gasteiger partial charge is 0.480 e. The molecule has 2 heterocycles. The van der Waals surface area contributed by atoms with Gasteiger partial charge in [-0.3, -0.25) is 24.1 Å². The van der Waals surface area contributed by atoms with Crippen LogP contribution in [0.4, 0.5) is 5.69 Å². The molecule has 6 N–H and O–H groups in total. The van der Waals surface area contributed by atoms with Gasteiger partial charge in [0.1, 0.15) is 28.9 Å². The van der Waals surface area contributed by atoms with Crippen LogP contribution in [0.1, 0.15) is 126 Å². The van der Waals surface area contributed by atoms with Crippen LogP contribution in [0.5, 0.6) is 0 Å². The van der Waals surface area contributed by atoms with Crippen molar-refractivity contribution < 1.29 is 71.7 Å². The van der Waals surface area contributed by atoms with Crippen LogP contribution >= 0.6 is 11.3 Å². The molecule has 3 rings (SSSR count). The number of rotatable bonds is 48. The Morgan fingerprint density at radius 1 is 0.753 bits per heavy atom. The van der Waals surface area contributed by atoms with E-state index in [1.54, 1.807) is 29.6 Å². The first-order valence-electron chi connectivity index (χ1n) is 29.4. The molecular formula is C58H99N7O15S. The summed E-state index contributed by atoms with van der Waals surface area (Å²) in [6, 6.07) is 4.67. The number of likely N-dealkylation sites (tertiary alicyclic amines) is 1. The van der Waals surface area contributed by atoms with Crippen LogP contribution in [-0.2, 0) is 68.2 Å². The van der Waals surface area contributed by atoms with Crippen LogP contribution in [0, 0.1) is 11.8 Å². The number of ether oxygens (including phenoxy) is 9. The number of likely N-dealkylation sites (N-methyl/N-ethyl adjacent to an activating group) is 1. The number of carboxylic acids is 1. The Morgan fingerprint density at radius 2 is 1.31 bits per heavy atom. The van der Waals surface area contributed by atoms with E-state index in [4.69, 9.17) is 53.3 Å². The minimum atomic E-state index is -1.19. The number of nitrogens with one attached hydrogen (secondary N) is 3. The minimum absolute atomic E-state index is 0.0197. The van der Waals surface area contributed by atoms with E-state index in [1.165, 1.54) is 11.3 Å². The van der Waals surface area contributed by atoms with Gasteiger partial charge in [-0.15, -0.1) is 11.3 Å². The van der Waals surface area contributed by atoms with Crippen LogP contribution in [0.2, 0.25) is 0 Å². The van der Waals surface area contributed by atoms with Crippen molar-refractivity contribution in [2.24, 2.45) is 17.6 Å². The van der Waals surface area contributed by atoms with Gasteiger partial charge < -0.3 is 74.3 Å². The SMILES string of the molecule is CCCO[C@H](C[C@H](C(C)C)N(CCC)C(=O)[C@@H](NC(=O)[C@H]1CCCCN1C)[C@@H](C)CC)c1nc(C(=O)N[C@@H](CCc2ccc(NC(=O)CCOCCOCCOCCOCCOCCOCCOCCOCCN)cc2)C(=O)O)cs1. The summed E-state index contributed by atoms with van der Waals surface area (Å²) >= 11 is 1.26. The van der Waals surface area contributed by atoms with Gasteiger partial charge in [-0.25, -0.2) is 9.78 Å². The first kappa shape index (κ1) is 71.0. The van der Waals surface area contributed by atoms with Gasteiger partial charge in [0.2, 0.25) is 17.7 Å². The Kier molecular flexibility index (Phi) is 38.1. The number of carbonyl (C=O) groups excluding carboxylic acids is 4. The molecule has 2 aromatic rings. The molecule has 6 atom stereocenters. The van der Waals surface area contributed by atoms with Crippen molar-refractivity contribution in [1.29, 1.82) is 0 Å². The Bertz CT molecular complexity index is 2020. The lowest BCUT2D eigenvalue weighted by atomic mass is 9.92. The average Bonchev–Trinajstić information content (AvgIpc) is 3.97. The highest BCUT2D eigenvalue weighted by Gasteiger charge is 2.38. The van der Waals surface area contributed by atoms with Crippen LogP contribution in [0.3, 0.4) is 0 Å². The maximum absolute atomic E-state index is 14.7. The molecule has 22 nitrogen and oxygen atoms in total. The molecule has 4 amide bonds. The van der Waals surface area contributed by atoms with Crippen LogP contribution in [0.25, 0.3) is 0 Å². The second-order valence-corrected chi connectivity index (χ2v) is 21.3. The first-order valence-corrected chi connectivity index (χ1v) is 30.2. The fraction of sp³-hybridized carbons (Fsp3) is 0.759. The summed E-state index contributed by atoms with van der Waals surface area (Å²) in [4.78, 5) is 75.7. The summed E-state index contributed by atoms with van der Waals surface area (Å²) in [5.41, 5.74) is 6.85. The summed E-state index contributed by atoms with van der Waals surface area (Å²) in [5.74, 6) is -2.31. The van der Waals surface area contributed by atoms with E-state index in [-0.39, 0.29) is 66.8 Å². The highest BCUT2D eigenvalue weighted by atomic mass is 32.1. The number of aliphatic carboxylic acids is 1. The van der Waals surface area contributed by atoms with Gasteiger partial charge >= 0.3 is 5.97 Å². The summed E-state index contributed by atoms with van der Waals surface area (Å²) in [7, 11) is 1.96. The molecule has 0 radical (unpaired) electrons. The van der Waals surface area contributed by atoms with Crippen molar-refractivity contribution >= 4 is 46.6 Å². The van der Waals surface area contributed by atoms with E-state index in [2.05, 4.69) is 34.7 Å². The van der Waals surface area contributed by atoms with Crippen molar-refractivity contribution in [3.63, 3.8) is 0 Å². The molecule has 81 heavy (non-hydrogen) atoms. The fourth-order valence-electron chi connectivity index (χ4n) is 8.89. The van der Waals surface area contributed by atoms with Gasteiger partial charge in [0.25, 0.3) is 5.91 Å². The molecule has 1 aliphatic heterocycles. The van der Waals surface area contributed by atoms with Gasteiger partial charge in [0, 0.05) is 43.2 Å². The van der Waals surface area contributed by atoms with Gasteiger partial charge in [0.05, 0.1) is 118 Å². The topological polar surface area (TPSA) is 270 Å². The number of nitrogens with zero attached hydrogens (tertiary/aromatic N) is 3. The molecule has 1 fully saturated rings. The lowest BCUT2D eigenvalue weighted by Gasteiger charge is -2.40. The maximum Gasteiger partial charge on any atom is 0.326 e. The summed E-state index contributed by atoms with van der Waals surface area (Å²) in [6.07, 6.45) is 5.42. The molecule has 1 saturated heterocycles. The number of carbonyl (C=O) groups is 5. The standard InChI is InChI=1S/C58H99N7O15S/c1-8-22-65(57(69)53(44(6)10-3)63-55(68)49-13-11-12-23-64(49)7)50(43(4)5)41-51(80-24-9-2)56-62-48(42-81-56)54(67)61-47(58(70)71)19-16-45-14-17-46(18-15-45)60-52(66)20-25-72-27-29-74-31-33-76-35-37-78-39-40-79-38-36-77-34-32-75-30-28-73-26-21-59/h14-15,17-18,42-44,47,49-51,53H,8-13,16,19-41,59H2,1-7H3,(H,60,66)(H,61,67)(H,63,68)(H,70,71)/t44-,47-,49+,50+,51+,53-/m0/s1. The van der Waals surface area contributed by atoms with Gasteiger partial charge in [-0.1, -0.05) is 66.5 Å². The zero-order valence-electron chi connectivity index (χ0n) is 49.6. The Balaban J connectivity index is 1.37. The average molecular weight is 1170 g/mol. The number of anilines is 1. The molecule has 0 saturated carbocycles. The third-order valence-corrected chi connectivity index (χ3v) is 14.6. The summed E-state index contributed by atoms with van der Waals surface area (Å²) in [6.45, 7) is 21.6. The molecule has 0 spiro atoms. The number of aryl methyl sites for hydroxylation is 1. The molecule has 462 valence electrons. The number of nitrogens with two attached hydrogens (primary N) is 1. The number of carboxylic acid groups (broad SMARTS) is 1. The van der Waals surface area contributed by atoms with Gasteiger partial charge in [0.15, 0.2) is 0 Å². The number of amides is 4. The van der Waals surface area contributed by atoms with Crippen molar-refractivity contribution in [3.8, 4) is 0 Å². The highest BCUT2D eigenvalue weighted by molar-refractivity contribution is 7.09. The third-order valence-electron chi connectivity index (χ3n) is 13.7. The molecule has 0 aliphatic carbocycles. The predicted octanol–water partition coefficient (Wildman–Crippen LogP) is 5.52. The van der Waals surface area contributed by atoms with E-state index in [1.807, 2.05) is 39.6 Å². The molecule has 1 aliphatic rings. The van der Waals surface area contributed by atoms with Crippen molar-refractivity contribution in [3.05, 3.63) is 45.9 Å². The number of hydrogen-bond acceptors (Lipinski definition) is 18.